The monoisotopic (exact) mass is 343 g/mol. The maximum atomic E-state index is 12.4. The summed E-state index contributed by atoms with van der Waals surface area (Å²) in [6, 6.07) is 23.7. The third-order valence-corrected chi connectivity index (χ3v) is 3.79. The third-order valence-electron chi connectivity index (χ3n) is 3.79. The fraction of sp³-hybridized carbons (Fsp3) is 0.0952. The van der Waals surface area contributed by atoms with Crippen molar-refractivity contribution in [1.29, 1.82) is 5.26 Å². The van der Waals surface area contributed by atoms with Gasteiger partial charge >= 0.3 is 0 Å². The molecule has 0 bridgehead atoms. The molecule has 0 aliphatic carbocycles. The summed E-state index contributed by atoms with van der Waals surface area (Å²) in [4.78, 5) is 16.8. The van der Waals surface area contributed by atoms with Gasteiger partial charge in [0.25, 0.3) is 5.91 Å². The Labute approximate surface area is 151 Å². The minimum absolute atomic E-state index is 0.186. The summed E-state index contributed by atoms with van der Waals surface area (Å²) in [6.07, 6.45) is 1.69. The summed E-state index contributed by atoms with van der Waals surface area (Å²) < 4.78 is 5.51. The minimum Gasteiger partial charge on any atom is -0.482 e. The van der Waals surface area contributed by atoms with Crippen molar-refractivity contribution in [2.75, 3.05) is 6.61 Å². The van der Waals surface area contributed by atoms with E-state index in [4.69, 9.17) is 10.00 Å². The zero-order valence-corrected chi connectivity index (χ0v) is 14.0. The molecule has 1 N–H and O–H groups in total. The van der Waals surface area contributed by atoms with Crippen LogP contribution in [0.2, 0.25) is 0 Å². The predicted molar refractivity (Wildman–Crippen MR) is 97.3 cm³/mol. The van der Waals surface area contributed by atoms with Gasteiger partial charge in [-0.1, -0.05) is 48.5 Å². The number of aromatic nitrogens is 1. The van der Waals surface area contributed by atoms with E-state index in [0.717, 1.165) is 11.3 Å². The maximum absolute atomic E-state index is 12.4. The summed E-state index contributed by atoms with van der Waals surface area (Å²) in [6.45, 7) is -0.186. The number of para-hydroxylation sites is 1. The molecule has 0 aliphatic rings. The van der Waals surface area contributed by atoms with Crippen LogP contribution >= 0.6 is 0 Å². The fourth-order valence-corrected chi connectivity index (χ4v) is 2.55. The number of hydrogen-bond donors (Lipinski definition) is 1. The maximum Gasteiger partial charge on any atom is 0.258 e. The van der Waals surface area contributed by atoms with Gasteiger partial charge in [0, 0.05) is 6.20 Å². The predicted octanol–water partition coefficient (Wildman–Crippen LogP) is 3.24. The van der Waals surface area contributed by atoms with Crippen LogP contribution in [0.5, 0.6) is 5.75 Å². The average Bonchev–Trinajstić information content (AvgIpc) is 2.72. The molecule has 1 amide bonds. The Bertz CT molecular complexity index is 866. The van der Waals surface area contributed by atoms with E-state index in [1.54, 1.807) is 30.5 Å². The normalized spacial score (nSPS) is 11.2. The van der Waals surface area contributed by atoms with Gasteiger partial charge < -0.3 is 10.1 Å². The van der Waals surface area contributed by atoms with Crippen LogP contribution in [-0.4, -0.2) is 17.5 Å². The van der Waals surface area contributed by atoms with Crippen molar-refractivity contribution >= 4 is 5.91 Å². The molecule has 1 atom stereocenters. The number of carbonyl (C=O) groups is 1. The van der Waals surface area contributed by atoms with E-state index in [1.807, 2.05) is 54.6 Å². The molecule has 3 aromatic rings. The van der Waals surface area contributed by atoms with Gasteiger partial charge in [-0.3, -0.25) is 9.78 Å². The number of amides is 1. The van der Waals surface area contributed by atoms with E-state index in [-0.39, 0.29) is 18.6 Å². The number of pyridine rings is 1. The first-order valence-electron chi connectivity index (χ1n) is 8.15. The lowest BCUT2D eigenvalue weighted by atomic mass is 10.0. The summed E-state index contributed by atoms with van der Waals surface area (Å²) in [5.74, 6) is 0.0940. The van der Waals surface area contributed by atoms with Crippen LogP contribution in [0.15, 0.2) is 79.0 Å². The molecule has 2 aromatic carbocycles. The number of nitrogens with one attached hydrogen (secondary N) is 1. The largest absolute Gasteiger partial charge is 0.482 e. The summed E-state index contributed by atoms with van der Waals surface area (Å²) in [5, 5.41) is 12.0. The number of ether oxygens (including phenoxy) is 1. The van der Waals surface area contributed by atoms with Gasteiger partial charge in [0.1, 0.15) is 11.8 Å². The zero-order valence-electron chi connectivity index (χ0n) is 14.0. The van der Waals surface area contributed by atoms with Gasteiger partial charge in [-0.25, -0.2) is 0 Å². The van der Waals surface area contributed by atoms with E-state index in [1.165, 1.54) is 0 Å². The Balaban J connectivity index is 1.73. The molecule has 5 nitrogen and oxygen atoms in total. The second-order valence-electron chi connectivity index (χ2n) is 5.56. The van der Waals surface area contributed by atoms with Crippen LogP contribution in [-0.2, 0) is 4.79 Å². The number of nitrogens with zero attached hydrogens (tertiary/aromatic N) is 2. The average molecular weight is 343 g/mol. The van der Waals surface area contributed by atoms with Crippen molar-refractivity contribution in [3.05, 3.63) is 95.8 Å². The van der Waals surface area contributed by atoms with Crippen molar-refractivity contribution in [3.63, 3.8) is 0 Å². The minimum atomic E-state index is -0.375. The second kappa shape index (κ2) is 8.45. The summed E-state index contributed by atoms with van der Waals surface area (Å²) >= 11 is 0. The topological polar surface area (TPSA) is 75.0 Å². The number of benzene rings is 2. The lowest BCUT2D eigenvalue weighted by Gasteiger charge is -2.19. The van der Waals surface area contributed by atoms with E-state index in [9.17, 15) is 4.79 Å². The van der Waals surface area contributed by atoms with Crippen molar-refractivity contribution < 1.29 is 9.53 Å². The Hall–Kier alpha value is -3.65. The van der Waals surface area contributed by atoms with Gasteiger partial charge in [-0.15, -0.1) is 0 Å². The third kappa shape index (κ3) is 4.25. The number of hydrogen-bond acceptors (Lipinski definition) is 4. The van der Waals surface area contributed by atoms with Crippen LogP contribution in [0.25, 0.3) is 0 Å². The van der Waals surface area contributed by atoms with E-state index in [2.05, 4.69) is 10.3 Å². The molecule has 1 aromatic heterocycles. The van der Waals surface area contributed by atoms with Crippen LogP contribution in [0.1, 0.15) is 22.9 Å². The smallest absolute Gasteiger partial charge is 0.258 e. The Kier molecular flexibility index (Phi) is 5.58. The molecule has 0 aliphatic heterocycles. The Morgan fingerprint density at radius 2 is 1.77 bits per heavy atom. The molecule has 1 heterocycles. The SMILES string of the molecule is N#Cc1ccccc1OCC(=O)NC(c1ccccc1)c1ccccn1. The van der Waals surface area contributed by atoms with Gasteiger partial charge in [-0.2, -0.15) is 5.26 Å². The van der Waals surface area contributed by atoms with Crippen molar-refractivity contribution in [1.82, 2.24) is 10.3 Å². The van der Waals surface area contributed by atoms with Crippen molar-refractivity contribution in [2.45, 2.75) is 6.04 Å². The van der Waals surface area contributed by atoms with Gasteiger partial charge in [-0.05, 0) is 29.8 Å². The molecular formula is C21H17N3O2. The second-order valence-corrected chi connectivity index (χ2v) is 5.56. The van der Waals surface area contributed by atoms with Crippen LogP contribution in [0, 0.1) is 11.3 Å². The quantitative estimate of drug-likeness (QED) is 0.745. The van der Waals surface area contributed by atoms with Crippen LogP contribution < -0.4 is 10.1 Å². The number of rotatable bonds is 6. The van der Waals surface area contributed by atoms with Crippen molar-refractivity contribution in [2.24, 2.45) is 0 Å². The van der Waals surface area contributed by atoms with Gasteiger partial charge in [0.05, 0.1) is 17.3 Å². The molecule has 3 rings (SSSR count). The molecule has 0 spiro atoms. The summed E-state index contributed by atoms with van der Waals surface area (Å²) in [7, 11) is 0. The molecule has 1 unspecified atom stereocenters. The Morgan fingerprint density at radius 3 is 2.50 bits per heavy atom. The zero-order chi connectivity index (χ0) is 18.2. The van der Waals surface area contributed by atoms with Gasteiger partial charge in [0.2, 0.25) is 0 Å². The van der Waals surface area contributed by atoms with Crippen LogP contribution in [0.4, 0.5) is 0 Å². The molecule has 0 radical (unpaired) electrons. The standard InChI is InChI=1S/C21H17N3O2/c22-14-17-10-4-5-12-19(17)26-15-20(25)24-21(16-8-2-1-3-9-16)18-11-6-7-13-23-18/h1-13,21H,15H2,(H,24,25). The molecule has 128 valence electrons. The lowest BCUT2D eigenvalue weighted by molar-refractivity contribution is -0.123. The van der Waals surface area contributed by atoms with E-state index < -0.39 is 0 Å². The summed E-state index contributed by atoms with van der Waals surface area (Å²) in [5.41, 5.74) is 2.06. The molecule has 26 heavy (non-hydrogen) atoms. The van der Waals surface area contributed by atoms with Crippen molar-refractivity contribution in [3.8, 4) is 11.8 Å². The molecular weight excluding hydrogens is 326 g/mol. The molecule has 0 fully saturated rings. The molecule has 0 saturated carbocycles. The first-order chi connectivity index (χ1) is 12.8. The fourth-order valence-electron chi connectivity index (χ4n) is 2.55. The highest BCUT2D eigenvalue weighted by Gasteiger charge is 2.18. The van der Waals surface area contributed by atoms with Crippen LogP contribution in [0.3, 0.4) is 0 Å². The van der Waals surface area contributed by atoms with Gasteiger partial charge in [0.15, 0.2) is 6.61 Å². The highest BCUT2D eigenvalue weighted by Crippen LogP contribution is 2.20. The molecule has 0 saturated heterocycles. The van der Waals surface area contributed by atoms with E-state index >= 15 is 0 Å². The number of carbonyl (C=O) groups excluding carboxylic acids is 1. The Morgan fingerprint density at radius 1 is 1.04 bits per heavy atom. The highest BCUT2D eigenvalue weighted by molar-refractivity contribution is 5.78. The molecule has 5 heteroatoms. The first kappa shape index (κ1) is 17.2. The first-order valence-corrected chi connectivity index (χ1v) is 8.15. The van der Waals surface area contributed by atoms with E-state index in [0.29, 0.717) is 11.3 Å². The highest BCUT2D eigenvalue weighted by atomic mass is 16.5. The lowest BCUT2D eigenvalue weighted by Crippen LogP contribution is -2.33. The number of nitriles is 1.